The first kappa shape index (κ1) is 21.6. The van der Waals surface area contributed by atoms with E-state index < -0.39 is 0 Å². The summed E-state index contributed by atoms with van der Waals surface area (Å²) in [5, 5.41) is 0. The Kier molecular flexibility index (Phi) is 8.34. The van der Waals surface area contributed by atoms with Gasteiger partial charge in [0.2, 0.25) is 0 Å². The van der Waals surface area contributed by atoms with Crippen LogP contribution in [0.4, 0.5) is 0 Å². The molecule has 0 N–H and O–H groups in total. The zero-order valence-electron chi connectivity index (χ0n) is 18.2. The Labute approximate surface area is 176 Å². The predicted molar refractivity (Wildman–Crippen MR) is 121 cm³/mol. The normalized spacial score (nSPS) is 15.7. The van der Waals surface area contributed by atoms with Crippen LogP contribution in [0.2, 0.25) is 0 Å². The van der Waals surface area contributed by atoms with Gasteiger partial charge < -0.3 is 4.74 Å². The molecule has 0 saturated carbocycles. The van der Waals surface area contributed by atoms with E-state index in [1.54, 1.807) is 5.56 Å². The highest BCUT2D eigenvalue weighted by Crippen LogP contribution is 2.32. The van der Waals surface area contributed by atoms with Gasteiger partial charge in [-0.2, -0.15) is 0 Å². The number of hydrogen-bond donors (Lipinski definition) is 0. The third-order valence-corrected chi connectivity index (χ3v) is 6.16. The quantitative estimate of drug-likeness (QED) is 0.237. The molecule has 2 aromatic carbocycles. The lowest BCUT2D eigenvalue weighted by Gasteiger charge is -2.25. The predicted octanol–water partition coefficient (Wildman–Crippen LogP) is 7.52. The van der Waals surface area contributed by atoms with E-state index in [2.05, 4.69) is 44.2 Å². The molecule has 1 unspecified atom stereocenters. The van der Waals surface area contributed by atoms with Gasteiger partial charge in [-0.1, -0.05) is 82.7 Å². The summed E-state index contributed by atoms with van der Waals surface area (Å²) < 4.78 is 5.42. The number of rotatable bonds is 10. The van der Waals surface area contributed by atoms with Crippen LogP contribution in [-0.4, -0.2) is 5.97 Å². The van der Waals surface area contributed by atoms with E-state index in [1.165, 1.54) is 68.1 Å². The summed E-state index contributed by atoms with van der Waals surface area (Å²) >= 11 is 0. The summed E-state index contributed by atoms with van der Waals surface area (Å²) in [7, 11) is 0. The standard InChI is InChI=1S/C27H36O2/c1-3-5-7-8-9-21-11-12-25-20-24(14-13-23(25)19-21)22-15-17-26(18-16-22)29-27(28)10-6-4-2/h13-18,20-21H,3-12,19H2,1-2H3. The highest BCUT2D eigenvalue weighted by molar-refractivity contribution is 5.73. The van der Waals surface area contributed by atoms with Crippen LogP contribution in [0.15, 0.2) is 42.5 Å². The number of unbranched alkanes of at least 4 members (excludes halogenated alkanes) is 4. The molecule has 0 saturated heterocycles. The van der Waals surface area contributed by atoms with Crippen LogP contribution in [0.3, 0.4) is 0 Å². The second kappa shape index (κ2) is 11.2. The smallest absolute Gasteiger partial charge is 0.311 e. The molecule has 0 heterocycles. The van der Waals surface area contributed by atoms with E-state index in [1.807, 2.05) is 12.1 Å². The summed E-state index contributed by atoms with van der Waals surface area (Å²) in [6.45, 7) is 4.36. The van der Waals surface area contributed by atoms with Crippen molar-refractivity contribution in [2.75, 3.05) is 0 Å². The molecule has 0 aliphatic heterocycles. The Balaban J connectivity index is 1.58. The van der Waals surface area contributed by atoms with Crippen LogP contribution in [-0.2, 0) is 17.6 Å². The van der Waals surface area contributed by atoms with E-state index in [9.17, 15) is 4.79 Å². The van der Waals surface area contributed by atoms with Crippen LogP contribution in [0.1, 0.15) is 82.8 Å². The lowest BCUT2D eigenvalue weighted by molar-refractivity contribution is -0.134. The molecular formula is C27H36O2. The van der Waals surface area contributed by atoms with Crippen molar-refractivity contribution in [1.82, 2.24) is 0 Å². The molecule has 29 heavy (non-hydrogen) atoms. The highest BCUT2D eigenvalue weighted by Gasteiger charge is 2.18. The average Bonchev–Trinajstić information content (AvgIpc) is 2.75. The Morgan fingerprint density at radius 2 is 1.66 bits per heavy atom. The average molecular weight is 393 g/mol. The van der Waals surface area contributed by atoms with Gasteiger partial charge in [0.05, 0.1) is 0 Å². The maximum Gasteiger partial charge on any atom is 0.311 e. The zero-order chi connectivity index (χ0) is 20.5. The molecule has 2 nitrogen and oxygen atoms in total. The fourth-order valence-electron chi connectivity index (χ4n) is 4.34. The molecule has 0 radical (unpaired) electrons. The fourth-order valence-corrected chi connectivity index (χ4v) is 4.34. The summed E-state index contributed by atoms with van der Waals surface area (Å²) in [6.07, 6.45) is 13.0. The Morgan fingerprint density at radius 1 is 0.897 bits per heavy atom. The first-order valence-corrected chi connectivity index (χ1v) is 11.6. The Bertz CT molecular complexity index is 776. The Morgan fingerprint density at radius 3 is 2.41 bits per heavy atom. The van der Waals surface area contributed by atoms with Gasteiger partial charge in [-0.3, -0.25) is 4.79 Å². The van der Waals surface area contributed by atoms with E-state index in [0.29, 0.717) is 12.2 Å². The lowest BCUT2D eigenvalue weighted by Crippen LogP contribution is -2.14. The molecular weight excluding hydrogens is 356 g/mol. The van der Waals surface area contributed by atoms with Crippen molar-refractivity contribution in [3.63, 3.8) is 0 Å². The number of ether oxygens (including phenoxy) is 1. The number of fused-ring (bicyclic) bond motifs is 1. The molecule has 2 heteroatoms. The third-order valence-electron chi connectivity index (χ3n) is 6.16. The van der Waals surface area contributed by atoms with Crippen LogP contribution in [0.5, 0.6) is 5.75 Å². The van der Waals surface area contributed by atoms with Gasteiger partial charge in [0.15, 0.2) is 0 Å². The summed E-state index contributed by atoms with van der Waals surface area (Å²) in [5.41, 5.74) is 5.50. The minimum absolute atomic E-state index is 0.141. The van der Waals surface area contributed by atoms with E-state index in [0.717, 1.165) is 18.8 Å². The van der Waals surface area contributed by atoms with Crippen molar-refractivity contribution < 1.29 is 9.53 Å². The first-order valence-electron chi connectivity index (χ1n) is 11.6. The molecule has 1 aliphatic carbocycles. The van der Waals surface area contributed by atoms with Gasteiger partial charge in [-0.15, -0.1) is 0 Å². The summed E-state index contributed by atoms with van der Waals surface area (Å²) in [5.74, 6) is 1.36. The molecule has 0 fully saturated rings. The first-order chi connectivity index (χ1) is 14.2. The number of aryl methyl sites for hydroxylation is 1. The van der Waals surface area contributed by atoms with Gasteiger partial charge in [0.1, 0.15) is 5.75 Å². The van der Waals surface area contributed by atoms with E-state index in [-0.39, 0.29) is 5.97 Å². The van der Waals surface area contributed by atoms with Crippen LogP contribution >= 0.6 is 0 Å². The molecule has 0 spiro atoms. The van der Waals surface area contributed by atoms with E-state index in [4.69, 9.17) is 4.74 Å². The third kappa shape index (κ3) is 6.45. The molecule has 1 atom stereocenters. The lowest BCUT2D eigenvalue weighted by atomic mass is 9.80. The largest absolute Gasteiger partial charge is 0.427 e. The molecule has 0 aromatic heterocycles. The number of carbonyl (C=O) groups is 1. The topological polar surface area (TPSA) is 26.3 Å². The van der Waals surface area contributed by atoms with Crippen molar-refractivity contribution in [3.05, 3.63) is 53.6 Å². The minimum Gasteiger partial charge on any atom is -0.427 e. The highest BCUT2D eigenvalue weighted by atomic mass is 16.5. The van der Waals surface area contributed by atoms with Gasteiger partial charge >= 0.3 is 5.97 Å². The van der Waals surface area contributed by atoms with Crippen molar-refractivity contribution in [1.29, 1.82) is 0 Å². The van der Waals surface area contributed by atoms with Crippen LogP contribution < -0.4 is 4.74 Å². The molecule has 156 valence electrons. The minimum atomic E-state index is -0.141. The maximum atomic E-state index is 11.8. The Hall–Kier alpha value is -2.09. The van der Waals surface area contributed by atoms with Gasteiger partial charge in [-0.05, 0) is 66.0 Å². The van der Waals surface area contributed by atoms with Gasteiger partial charge in [0.25, 0.3) is 0 Å². The summed E-state index contributed by atoms with van der Waals surface area (Å²) in [6, 6.07) is 14.9. The molecule has 2 aromatic rings. The monoisotopic (exact) mass is 392 g/mol. The fraction of sp³-hybridized carbons (Fsp3) is 0.519. The van der Waals surface area contributed by atoms with Crippen LogP contribution in [0, 0.1) is 5.92 Å². The number of esters is 1. The zero-order valence-corrected chi connectivity index (χ0v) is 18.2. The second-order valence-electron chi connectivity index (χ2n) is 8.54. The number of benzene rings is 2. The van der Waals surface area contributed by atoms with Gasteiger partial charge in [-0.25, -0.2) is 0 Å². The molecule has 0 amide bonds. The molecule has 0 bridgehead atoms. The van der Waals surface area contributed by atoms with Crippen molar-refractivity contribution >= 4 is 5.97 Å². The summed E-state index contributed by atoms with van der Waals surface area (Å²) in [4.78, 5) is 11.8. The SMILES string of the molecule is CCCCCCC1CCc2cc(-c3ccc(OC(=O)CCCC)cc3)ccc2C1. The second-order valence-corrected chi connectivity index (χ2v) is 8.54. The van der Waals surface area contributed by atoms with Crippen molar-refractivity contribution in [2.24, 2.45) is 5.92 Å². The molecule has 1 aliphatic rings. The van der Waals surface area contributed by atoms with Crippen molar-refractivity contribution in [2.45, 2.75) is 84.5 Å². The van der Waals surface area contributed by atoms with Crippen LogP contribution in [0.25, 0.3) is 11.1 Å². The molecule has 3 rings (SSSR count). The van der Waals surface area contributed by atoms with Crippen molar-refractivity contribution in [3.8, 4) is 16.9 Å². The van der Waals surface area contributed by atoms with E-state index >= 15 is 0 Å². The van der Waals surface area contributed by atoms with Gasteiger partial charge in [0, 0.05) is 6.42 Å². The number of hydrogen-bond acceptors (Lipinski definition) is 2. The maximum absolute atomic E-state index is 11.8. The number of carbonyl (C=O) groups excluding carboxylic acids is 1.